The van der Waals surface area contributed by atoms with Crippen LogP contribution in [0.3, 0.4) is 0 Å². The summed E-state index contributed by atoms with van der Waals surface area (Å²) in [5.74, 6) is -0.108. The quantitative estimate of drug-likeness (QED) is 0.680. The van der Waals surface area contributed by atoms with Gasteiger partial charge in [0, 0.05) is 6.04 Å². The minimum absolute atomic E-state index is 0.0985. The van der Waals surface area contributed by atoms with Crippen molar-refractivity contribution in [1.29, 1.82) is 0 Å². The largest absolute Gasteiger partial charge is 0.327 e. The van der Waals surface area contributed by atoms with E-state index < -0.39 is 0 Å². The van der Waals surface area contributed by atoms with Crippen LogP contribution in [0, 0.1) is 0 Å². The lowest BCUT2D eigenvalue weighted by Gasteiger charge is -2.14. The molecule has 2 rings (SSSR count). The molecule has 1 aliphatic carbocycles. The van der Waals surface area contributed by atoms with Crippen molar-refractivity contribution in [3.05, 3.63) is 35.8 Å². The lowest BCUT2D eigenvalue weighted by atomic mass is 9.95. The van der Waals surface area contributed by atoms with Crippen LogP contribution in [0.2, 0.25) is 0 Å². The molecule has 1 nitrogen and oxygen atoms in total. The van der Waals surface area contributed by atoms with Gasteiger partial charge in [-0.2, -0.15) is 0 Å². The molecular formula is C11H15N. The Bertz CT molecular complexity index is 431. The number of nitrogens with two attached hydrogens (primary N) is 1. The highest BCUT2D eigenvalue weighted by Crippen LogP contribution is 2.32. The van der Waals surface area contributed by atoms with Gasteiger partial charge in [-0.25, -0.2) is 0 Å². The molecule has 1 saturated carbocycles. The minimum Gasteiger partial charge on any atom is -0.327 e. The van der Waals surface area contributed by atoms with E-state index in [1.54, 1.807) is 0 Å². The highest BCUT2D eigenvalue weighted by atomic mass is 14.7. The van der Waals surface area contributed by atoms with Gasteiger partial charge in [-0.15, -0.1) is 0 Å². The molecule has 0 radical (unpaired) electrons. The lowest BCUT2D eigenvalue weighted by molar-refractivity contribution is 0.613. The molecule has 2 atom stereocenters. The Hall–Kier alpha value is -0.820. The summed E-state index contributed by atoms with van der Waals surface area (Å²) in [6, 6.07) is -1.16. The van der Waals surface area contributed by atoms with Gasteiger partial charge in [-0.05, 0) is 24.3 Å². The summed E-state index contributed by atoms with van der Waals surface area (Å²) < 4.78 is 38.5. The zero-order valence-corrected chi connectivity index (χ0v) is 6.85. The summed E-state index contributed by atoms with van der Waals surface area (Å²) in [6.07, 6.45) is 2.61. The third-order valence-corrected chi connectivity index (χ3v) is 2.46. The third kappa shape index (κ3) is 1.37. The van der Waals surface area contributed by atoms with Gasteiger partial charge < -0.3 is 5.73 Å². The smallest absolute Gasteiger partial charge is 0.0626 e. The maximum Gasteiger partial charge on any atom is 0.0626 e. The Balaban J connectivity index is 2.61. The van der Waals surface area contributed by atoms with Crippen LogP contribution < -0.4 is 5.73 Å². The fraction of sp³-hybridized carbons (Fsp3) is 0.455. The molecular weight excluding hydrogens is 146 g/mol. The summed E-state index contributed by atoms with van der Waals surface area (Å²) in [5.41, 5.74) is 6.34. The van der Waals surface area contributed by atoms with Gasteiger partial charge in [0.1, 0.15) is 0 Å². The van der Waals surface area contributed by atoms with Crippen molar-refractivity contribution in [3.8, 4) is 0 Å². The second kappa shape index (κ2) is 3.28. The Morgan fingerprint density at radius 2 is 2.00 bits per heavy atom. The number of hydrogen-bond donors (Lipinski definition) is 1. The Morgan fingerprint density at radius 1 is 1.25 bits per heavy atom. The molecule has 64 valence electrons. The van der Waals surface area contributed by atoms with Crippen LogP contribution in [0.4, 0.5) is 0 Å². The lowest BCUT2D eigenvalue weighted by Crippen LogP contribution is -2.22. The summed E-state index contributed by atoms with van der Waals surface area (Å²) >= 11 is 0. The van der Waals surface area contributed by atoms with Crippen LogP contribution in [0.5, 0.6) is 0 Å². The molecule has 2 N–H and O–H groups in total. The van der Waals surface area contributed by atoms with Crippen LogP contribution in [-0.4, -0.2) is 6.04 Å². The molecule has 0 spiro atoms. The van der Waals surface area contributed by atoms with Gasteiger partial charge in [-0.1, -0.05) is 36.6 Å². The van der Waals surface area contributed by atoms with Crippen molar-refractivity contribution >= 4 is 0 Å². The second-order valence-electron chi connectivity index (χ2n) is 3.24. The summed E-state index contributed by atoms with van der Waals surface area (Å²) in [6.45, 7) is 0. The highest BCUT2D eigenvalue weighted by Gasteiger charge is 2.24. The number of benzene rings is 1. The molecule has 0 aromatic heterocycles. The van der Waals surface area contributed by atoms with E-state index in [0.29, 0.717) is 5.56 Å². The van der Waals surface area contributed by atoms with Gasteiger partial charge >= 0.3 is 0 Å². The number of rotatable bonds is 1. The maximum absolute atomic E-state index is 7.86. The zero-order valence-electron chi connectivity index (χ0n) is 11.9. The SMILES string of the molecule is [2H]c1c([2H])c([2H])c(C2CCCC2N)c([2H])c1[2H]. The average molecular weight is 166 g/mol. The van der Waals surface area contributed by atoms with E-state index in [4.69, 9.17) is 12.6 Å². The summed E-state index contributed by atoms with van der Waals surface area (Å²) in [5, 5.41) is 0. The summed E-state index contributed by atoms with van der Waals surface area (Å²) in [4.78, 5) is 0. The van der Waals surface area contributed by atoms with Crippen molar-refractivity contribution in [2.75, 3.05) is 0 Å². The van der Waals surface area contributed by atoms with Crippen molar-refractivity contribution in [2.45, 2.75) is 31.2 Å². The first-order valence-corrected chi connectivity index (χ1v) is 4.27. The fourth-order valence-corrected chi connectivity index (χ4v) is 1.79. The van der Waals surface area contributed by atoms with Crippen molar-refractivity contribution in [2.24, 2.45) is 5.73 Å². The van der Waals surface area contributed by atoms with E-state index in [0.717, 1.165) is 19.3 Å². The van der Waals surface area contributed by atoms with E-state index in [2.05, 4.69) is 0 Å². The van der Waals surface area contributed by atoms with Crippen LogP contribution in [0.15, 0.2) is 30.2 Å². The molecule has 1 fully saturated rings. The number of hydrogen-bond acceptors (Lipinski definition) is 1. The molecule has 2 unspecified atom stereocenters. The summed E-state index contributed by atoms with van der Waals surface area (Å²) in [7, 11) is 0. The van der Waals surface area contributed by atoms with Crippen molar-refractivity contribution in [1.82, 2.24) is 0 Å². The molecule has 0 amide bonds. The topological polar surface area (TPSA) is 26.0 Å². The molecule has 1 aromatic carbocycles. The van der Waals surface area contributed by atoms with Crippen molar-refractivity contribution < 1.29 is 6.85 Å². The predicted octanol–water partition coefficient (Wildman–Crippen LogP) is 2.28. The predicted molar refractivity (Wildman–Crippen MR) is 51.0 cm³/mol. The monoisotopic (exact) mass is 166 g/mol. The molecule has 12 heavy (non-hydrogen) atoms. The first-order valence-electron chi connectivity index (χ1n) is 6.77. The van der Waals surface area contributed by atoms with Gasteiger partial charge in [0.15, 0.2) is 0 Å². The van der Waals surface area contributed by atoms with Gasteiger partial charge in [-0.3, -0.25) is 0 Å². The van der Waals surface area contributed by atoms with E-state index in [-0.39, 0.29) is 42.2 Å². The Kier molecular flexibility index (Phi) is 1.07. The maximum atomic E-state index is 7.86. The van der Waals surface area contributed by atoms with E-state index in [1.807, 2.05) is 0 Å². The molecule has 1 aliphatic rings. The Morgan fingerprint density at radius 3 is 2.58 bits per heavy atom. The first-order chi connectivity index (χ1) is 7.95. The van der Waals surface area contributed by atoms with Crippen LogP contribution in [-0.2, 0) is 0 Å². The zero-order chi connectivity index (χ0) is 12.7. The molecule has 1 heteroatoms. The second-order valence-corrected chi connectivity index (χ2v) is 3.24. The molecule has 0 heterocycles. The molecule has 0 bridgehead atoms. The van der Waals surface area contributed by atoms with Gasteiger partial charge in [0.05, 0.1) is 6.85 Å². The molecule has 1 aromatic rings. The van der Waals surface area contributed by atoms with Crippen molar-refractivity contribution in [3.63, 3.8) is 0 Å². The molecule has 0 aliphatic heterocycles. The van der Waals surface area contributed by atoms with Crippen LogP contribution >= 0.6 is 0 Å². The molecule has 0 saturated heterocycles. The van der Waals surface area contributed by atoms with E-state index in [1.165, 1.54) is 0 Å². The fourth-order valence-electron chi connectivity index (χ4n) is 1.79. The average Bonchev–Trinajstić information content (AvgIpc) is 2.71. The van der Waals surface area contributed by atoms with Crippen LogP contribution in [0.1, 0.15) is 37.6 Å². The Labute approximate surface area is 80.6 Å². The van der Waals surface area contributed by atoms with E-state index in [9.17, 15) is 0 Å². The third-order valence-electron chi connectivity index (χ3n) is 2.46. The van der Waals surface area contributed by atoms with E-state index >= 15 is 0 Å². The van der Waals surface area contributed by atoms with Gasteiger partial charge in [0.25, 0.3) is 0 Å². The van der Waals surface area contributed by atoms with Gasteiger partial charge in [0.2, 0.25) is 0 Å². The standard InChI is InChI=1S/C11H15N/c12-11-8-4-7-10(11)9-5-2-1-3-6-9/h1-3,5-6,10-11H,4,7-8,12H2/i1D,2D,3D,5D,6D. The minimum atomic E-state index is -0.338. The first kappa shape index (κ1) is 3.93. The highest BCUT2D eigenvalue weighted by molar-refractivity contribution is 5.22. The normalized spacial score (nSPS) is 34.9. The van der Waals surface area contributed by atoms with Crippen LogP contribution in [0.25, 0.3) is 0 Å².